The molecule has 0 saturated heterocycles. The molecule has 0 fully saturated rings. The van der Waals surface area contributed by atoms with Crippen LogP contribution in [0.25, 0.3) is 17.0 Å². The number of anilines is 1. The van der Waals surface area contributed by atoms with Gasteiger partial charge in [0.1, 0.15) is 11.3 Å². The highest BCUT2D eigenvalue weighted by Gasteiger charge is 2.19. The maximum absolute atomic E-state index is 12.6. The topological polar surface area (TPSA) is 113 Å². The van der Waals surface area contributed by atoms with Crippen LogP contribution in [0.15, 0.2) is 35.0 Å². The molecule has 1 aromatic carbocycles. The van der Waals surface area contributed by atoms with Crippen LogP contribution in [0.1, 0.15) is 21.8 Å². The highest BCUT2D eigenvalue weighted by atomic mass is 16.5. The molecule has 1 N–H and O–H groups in total. The molecule has 10 nitrogen and oxygen atoms in total. The number of pyridine rings is 1. The molecule has 3 heterocycles. The number of rotatable bonds is 6. The Labute approximate surface area is 177 Å². The number of hydrogen-bond acceptors (Lipinski definition) is 8. The number of amides is 1. The van der Waals surface area contributed by atoms with Crippen molar-refractivity contribution in [1.82, 2.24) is 19.8 Å². The number of aromatic nitrogens is 4. The third-order valence-corrected chi connectivity index (χ3v) is 4.77. The summed E-state index contributed by atoms with van der Waals surface area (Å²) in [7, 11) is 4.64. The van der Waals surface area contributed by atoms with Crippen molar-refractivity contribution < 1.29 is 23.5 Å². The summed E-state index contributed by atoms with van der Waals surface area (Å²) in [5, 5.41) is 11.2. The van der Waals surface area contributed by atoms with Crippen LogP contribution >= 0.6 is 0 Å². The quantitative estimate of drug-likeness (QED) is 0.503. The van der Waals surface area contributed by atoms with Gasteiger partial charge in [0.2, 0.25) is 5.75 Å². The van der Waals surface area contributed by atoms with Crippen molar-refractivity contribution in [3.63, 3.8) is 0 Å². The Bertz CT molecular complexity index is 1230. The first-order valence-electron chi connectivity index (χ1n) is 9.36. The van der Waals surface area contributed by atoms with Crippen LogP contribution < -0.4 is 19.5 Å². The van der Waals surface area contributed by atoms with E-state index in [2.05, 4.69) is 20.6 Å². The van der Waals surface area contributed by atoms with Crippen LogP contribution in [0.5, 0.6) is 17.2 Å². The fourth-order valence-corrected chi connectivity index (χ4v) is 3.29. The van der Waals surface area contributed by atoms with E-state index in [9.17, 15) is 4.79 Å². The van der Waals surface area contributed by atoms with E-state index >= 15 is 0 Å². The van der Waals surface area contributed by atoms with Crippen LogP contribution in [0, 0.1) is 13.8 Å². The van der Waals surface area contributed by atoms with Gasteiger partial charge < -0.3 is 24.1 Å². The largest absolute Gasteiger partial charge is 0.493 e. The summed E-state index contributed by atoms with van der Waals surface area (Å²) >= 11 is 0. The van der Waals surface area contributed by atoms with E-state index in [1.165, 1.54) is 0 Å². The summed E-state index contributed by atoms with van der Waals surface area (Å²) < 4.78 is 22.8. The molecular formula is C21H21N5O5. The van der Waals surface area contributed by atoms with E-state index in [1.807, 2.05) is 0 Å². The molecular weight excluding hydrogens is 402 g/mol. The van der Waals surface area contributed by atoms with Gasteiger partial charge in [-0.25, -0.2) is 9.50 Å². The number of fused-ring (bicyclic) bond motifs is 1. The number of aryl methyl sites for hydroxylation is 2. The van der Waals surface area contributed by atoms with Crippen molar-refractivity contribution in [1.29, 1.82) is 0 Å². The number of methoxy groups -OCH3 is 3. The molecule has 160 valence electrons. The van der Waals surface area contributed by atoms with Gasteiger partial charge in [0.15, 0.2) is 23.0 Å². The summed E-state index contributed by atoms with van der Waals surface area (Å²) in [6.45, 7) is 3.41. The number of hydrogen-bond donors (Lipinski definition) is 1. The first-order chi connectivity index (χ1) is 14.9. The molecule has 0 bridgehead atoms. The van der Waals surface area contributed by atoms with Crippen molar-refractivity contribution in [2.24, 2.45) is 0 Å². The zero-order valence-electron chi connectivity index (χ0n) is 17.7. The molecule has 0 aliphatic heterocycles. The minimum Gasteiger partial charge on any atom is -0.493 e. The molecule has 1 amide bonds. The first kappa shape index (κ1) is 20.2. The Hall–Kier alpha value is -4.08. The second-order valence-corrected chi connectivity index (χ2v) is 6.72. The van der Waals surface area contributed by atoms with Gasteiger partial charge in [0, 0.05) is 5.56 Å². The van der Waals surface area contributed by atoms with Crippen molar-refractivity contribution in [3.8, 4) is 28.6 Å². The molecule has 0 aliphatic rings. The summed E-state index contributed by atoms with van der Waals surface area (Å²) in [6.07, 6.45) is 1.68. The van der Waals surface area contributed by atoms with Gasteiger partial charge in [-0.2, -0.15) is 0 Å². The standard InChI is InChI=1S/C21H21N5O5/c1-11-18(12(2)31-25-11)21(27)22-14-6-7-17-23-20(24-26(17)10-14)13-8-15(28-3)19(30-5)16(9-13)29-4/h6-10H,1-5H3,(H,22,27). The molecule has 0 aliphatic carbocycles. The van der Waals surface area contributed by atoms with Gasteiger partial charge in [-0.05, 0) is 38.1 Å². The molecule has 0 atom stereocenters. The van der Waals surface area contributed by atoms with Gasteiger partial charge in [0.25, 0.3) is 5.91 Å². The SMILES string of the molecule is COc1cc(-c2nc3ccc(NC(=O)c4c(C)noc4C)cn3n2)cc(OC)c1OC. The second-order valence-electron chi connectivity index (χ2n) is 6.72. The molecule has 0 saturated carbocycles. The average molecular weight is 423 g/mol. The number of carbonyl (C=O) groups excluding carboxylic acids is 1. The minimum atomic E-state index is -0.305. The average Bonchev–Trinajstić information content (AvgIpc) is 3.34. The molecule has 10 heteroatoms. The molecule has 4 aromatic rings. The Morgan fingerprint density at radius 3 is 2.35 bits per heavy atom. The lowest BCUT2D eigenvalue weighted by atomic mass is 10.1. The number of ether oxygens (including phenoxy) is 3. The fraction of sp³-hybridized carbons (Fsp3) is 0.238. The second kappa shape index (κ2) is 7.98. The van der Waals surface area contributed by atoms with Crippen molar-refractivity contribution >= 4 is 17.2 Å². The maximum Gasteiger partial charge on any atom is 0.261 e. The number of carbonyl (C=O) groups is 1. The van der Waals surface area contributed by atoms with Crippen molar-refractivity contribution in [2.45, 2.75) is 13.8 Å². The minimum absolute atomic E-state index is 0.305. The third-order valence-electron chi connectivity index (χ3n) is 4.77. The zero-order valence-corrected chi connectivity index (χ0v) is 17.7. The van der Waals surface area contributed by atoms with E-state index in [0.717, 1.165) is 0 Å². The normalized spacial score (nSPS) is 10.9. The number of nitrogens with zero attached hydrogens (tertiary/aromatic N) is 4. The van der Waals surface area contributed by atoms with Crippen molar-refractivity contribution in [2.75, 3.05) is 26.6 Å². The van der Waals surface area contributed by atoms with E-state index in [0.29, 0.717) is 57.0 Å². The van der Waals surface area contributed by atoms with Gasteiger partial charge in [0.05, 0.1) is 38.9 Å². The van der Waals surface area contributed by atoms with Crippen LogP contribution in [-0.4, -0.2) is 47.0 Å². The van der Waals surface area contributed by atoms with Crippen molar-refractivity contribution in [3.05, 3.63) is 47.5 Å². The zero-order chi connectivity index (χ0) is 22.1. The molecule has 3 aromatic heterocycles. The highest BCUT2D eigenvalue weighted by molar-refractivity contribution is 6.05. The molecule has 0 unspecified atom stereocenters. The van der Waals surface area contributed by atoms with Gasteiger partial charge >= 0.3 is 0 Å². The predicted molar refractivity (Wildman–Crippen MR) is 112 cm³/mol. The van der Waals surface area contributed by atoms with Gasteiger partial charge in [-0.3, -0.25) is 4.79 Å². The Balaban J connectivity index is 1.68. The van der Waals surface area contributed by atoms with Gasteiger partial charge in [-0.15, -0.1) is 5.10 Å². The molecule has 4 rings (SSSR count). The Morgan fingerprint density at radius 1 is 1.06 bits per heavy atom. The molecule has 0 spiro atoms. The summed E-state index contributed by atoms with van der Waals surface area (Å²) in [4.78, 5) is 17.1. The summed E-state index contributed by atoms with van der Waals surface area (Å²) in [6, 6.07) is 7.06. The molecule has 0 radical (unpaired) electrons. The summed E-state index contributed by atoms with van der Waals surface area (Å²) in [5.41, 5.74) is 2.80. The fourth-order valence-electron chi connectivity index (χ4n) is 3.29. The lowest BCUT2D eigenvalue weighted by molar-refractivity contribution is 0.102. The Kier molecular flexibility index (Phi) is 5.20. The highest BCUT2D eigenvalue weighted by Crippen LogP contribution is 2.40. The smallest absolute Gasteiger partial charge is 0.261 e. The van der Waals surface area contributed by atoms with E-state index in [4.69, 9.17) is 18.7 Å². The monoisotopic (exact) mass is 423 g/mol. The van der Waals surface area contributed by atoms with Crippen LogP contribution in [-0.2, 0) is 0 Å². The maximum atomic E-state index is 12.6. The van der Waals surface area contributed by atoms with Crippen LogP contribution in [0.2, 0.25) is 0 Å². The van der Waals surface area contributed by atoms with E-state index in [-0.39, 0.29) is 5.91 Å². The van der Waals surface area contributed by atoms with Crippen LogP contribution in [0.4, 0.5) is 5.69 Å². The van der Waals surface area contributed by atoms with Crippen LogP contribution in [0.3, 0.4) is 0 Å². The predicted octanol–water partition coefficient (Wildman–Crippen LogP) is 3.28. The van der Waals surface area contributed by atoms with Gasteiger partial charge in [-0.1, -0.05) is 5.16 Å². The lowest BCUT2D eigenvalue weighted by Crippen LogP contribution is -2.14. The third kappa shape index (κ3) is 3.63. The molecule has 31 heavy (non-hydrogen) atoms. The van der Waals surface area contributed by atoms with E-state index in [1.54, 1.807) is 70.2 Å². The summed E-state index contributed by atoms with van der Waals surface area (Å²) in [5.74, 6) is 2.11. The van der Waals surface area contributed by atoms with E-state index < -0.39 is 0 Å². The Morgan fingerprint density at radius 2 is 1.77 bits per heavy atom. The lowest BCUT2D eigenvalue weighted by Gasteiger charge is -2.12. The first-order valence-corrected chi connectivity index (χ1v) is 9.36. The number of nitrogens with one attached hydrogen (secondary N) is 1. The number of benzene rings is 1.